The molecule has 6 nitrogen and oxygen atoms in total. The number of amides is 1. The van der Waals surface area contributed by atoms with Gasteiger partial charge in [0.05, 0.1) is 4.90 Å². The largest absolute Gasteiger partial charge is 0.369 e. The van der Waals surface area contributed by atoms with Crippen LogP contribution in [0.1, 0.15) is 30.0 Å². The summed E-state index contributed by atoms with van der Waals surface area (Å²) in [5, 5.41) is 0. The number of benzene rings is 2. The number of nitrogens with zero attached hydrogens (tertiary/aromatic N) is 3. The topological polar surface area (TPSA) is 60.9 Å². The number of aryl methyl sites for hydroxylation is 1. The van der Waals surface area contributed by atoms with Gasteiger partial charge in [-0.1, -0.05) is 19.1 Å². The lowest BCUT2D eigenvalue weighted by molar-refractivity contribution is -0.118. The van der Waals surface area contributed by atoms with Crippen LogP contribution in [0.25, 0.3) is 0 Å². The molecule has 2 aromatic carbocycles. The van der Waals surface area contributed by atoms with Gasteiger partial charge in [0, 0.05) is 55.0 Å². The molecular formula is C23H28BrN3O3S. The zero-order valence-electron chi connectivity index (χ0n) is 18.2. The third kappa shape index (κ3) is 4.01. The molecule has 1 saturated heterocycles. The Bertz CT molecular complexity index is 1130. The highest BCUT2D eigenvalue weighted by Gasteiger charge is 2.33. The van der Waals surface area contributed by atoms with Gasteiger partial charge in [-0.25, -0.2) is 8.42 Å². The number of carbonyl (C=O) groups is 1. The number of hydrogen-bond acceptors (Lipinski definition) is 4. The van der Waals surface area contributed by atoms with E-state index in [4.69, 9.17) is 0 Å². The molecule has 31 heavy (non-hydrogen) atoms. The summed E-state index contributed by atoms with van der Waals surface area (Å²) in [7, 11) is -3.67. The third-order valence-corrected chi connectivity index (χ3v) is 9.26. The van der Waals surface area contributed by atoms with Crippen LogP contribution >= 0.6 is 15.9 Å². The van der Waals surface area contributed by atoms with E-state index in [1.807, 2.05) is 19.1 Å². The van der Waals surface area contributed by atoms with Gasteiger partial charge in [-0.05, 0) is 71.1 Å². The van der Waals surface area contributed by atoms with E-state index in [0.717, 1.165) is 17.7 Å². The second-order valence-electron chi connectivity index (χ2n) is 8.17. The van der Waals surface area contributed by atoms with Crippen LogP contribution in [0.2, 0.25) is 0 Å². The molecule has 0 bridgehead atoms. The molecule has 0 radical (unpaired) electrons. The van der Waals surface area contributed by atoms with Gasteiger partial charge < -0.3 is 9.80 Å². The van der Waals surface area contributed by atoms with E-state index in [0.29, 0.717) is 43.6 Å². The van der Waals surface area contributed by atoms with Gasteiger partial charge in [0.2, 0.25) is 15.9 Å². The molecule has 0 unspecified atom stereocenters. The zero-order chi connectivity index (χ0) is 22.3. The first kappa shape index (κ1) is 22.3. The molecule has 2 aliphatic heterocycles. The molecule has 2 aliphatic rings. The molecule has 0 atom stereocenters. The number of anilines is 2. The molecule has 0 saturated carbocycles. The highest BCUT2D eigenvalue weighted by atomic mass is 79.9. The van der Waals surface area contributed by atoms with Crippen molar-refractivity contribution in [2.24, 2.45) is 0 Å². The maximum Gasteiger partial charge on any atom is 0.244 e. The van der Waals surface area contributed by atoms with Crippen molar-refractivity contribution in [2.45, 2.75) is 38.5 Å². The van der Waals surface area contributed by atoms with E-state index >= 15 is 0 Å². The summed E-state index contributed by atoms with van der Waals surface area (Å²) in [6.45, 7) is 8.78. The highest BCUT2D eigenvalue weighted by molar-refractivity contribution is 9.10. The van der Waals surface area contributed by atoms with Gasteiger partial charge in [0.1, 0.15) is 0 Å². The number of piperazine rings is 1. The van der Waals surface area contributed by atoms with Crippen molar-refractivity contribution < 1.29 is 13.2 Å². The van der Waals surface area contributed by atoms with Crippen LogP contribution in [-0.4, -0.2) is 51.4 Å². The number of sulfonamides is 1. The van der Waals surface area contributed by atoms with Gasteiger partial charge in [-0.3, -0.25) is 4.79 Å². The number of hydrogen-bond donors (Lipinski definition) is 0. The molecule has 1 amide bonds. The number of halogens is 1. The van der Waals surface area contributed by atoms with E-state index < -0.39 is 10.0 Å². The molecule has 0 N–H and O–H groups in total. The van der Waals surface area contributed by atoms with Crippen molar-refractivity contribution in [1.82, 2.24) is 4.31 Å². The van der Waals surface area contributed by atoms with Crippen LogP contribution in [0.4, 0.5) is 11.4 Å². The van der Waals surface area contributed by atoms with E-state index in [2.05, 4.69) is 46.8 Å². The van der Waals surface area contributed by atoms with Crippen molar-refractivity contribution >= 4 is 43.2 Å². The van der Waals surface area contributed by atoms with Gasteiger partial charge >= 0.3 is 0 Å². The third-order valence-electron chi connectivity index (χ3n) is 6.41. The average Bonchev–Trinajstić information content (AvgIpc) is 3.17. The normalized spacial score (nSPS) is 17.2. The Labute approximate surface area is 193 Å². The van der Waals surface area contributed by atoms with Crippen molar-refractivity contribution in [2.75, 3.05) is 42.5 Å². The van der Waals surface area contributed by atoms with Crippen LogP contribution in [0.15, 0.2) is 39.7 Å². The fraction of sp³-hybridized carbons (Fsp3) is 0.435. The summed E-state index contributed by atoms with van der Waals surface area (Å²) in [5.74, 6) is 0.0200. The second kappa shape index (κ2) is 8.56. The van der Waals surface area contributed by atoms with Crippen molar-refractivity contribution in [3.63, 3.8) is 0 Å². The molecule has 4 rings (SSSR count). The molecule has 2 heterocycles. The standard InChI is InChI=1S/C23H28BrN3O3S/c1-4-23(28)27-9-8-18-14-19(24)22(15-21(18)27)31(29,30)26-12-10-25(11-13-26)20-7-5-6-16(2)17(20)3/h5-7,14-15H,4,8-13H2,1-3H3. The predicted molar refractivity (Wildman–Crippen MR) is 127 cm³/mol. The molecular weight excluding hydrogens is 478 g/mol. The Morgan fingerprint density at radius 2 is 1.74 bits per heavy atom. The minimum Gasteiger partial charge on any atom is -0.369 e. The van der Waals surface area contributed by atoms with Gasteiger partial charge in [-0.15, -0.1) is 0 Å². The van der Waals surface area contributed by atoms with Crippen LogP contribution in [0.3, 0.4) is 0 Å². The summed E-state index contributed by atoms with van der Waals surface area (Å²) >= 11 is 3.47. The smallest absolute Gasteiger partial charge is 0.244 e. The lowest BCUT2D eigenvalue weighted by Gasteiger charge is -2.36. The first-order valence-corrected chi connectivity index (χ1v) is 12.9. The van der Waals surface area contributed by atoms with Crippen LogP contribution in [0, 0.1) is 13.8 Å². The fourth-order valence-corrected chi connectivity index (χ4v) is 6.91. The summed E-state index contributed by atoms with van der Waals surface area (Å²) < 4.78 is 29.1. The maximum absolute atomic E-state index is 13.5. The van der Waals surface area contributed by atoms with E-state index in [1.165, 1.54) is 16.8 Å². The van der Waals surface area contributed by atoms with Gasteiger partial charge in [-0.2, -0.15) is 4.31 Å². The van der Waals surface area contributed by atoms with E-state index in [1.54, 1.807) is 15.3 Å². The van der Waals surface area contributed by atoms with Crippen molar-refractivity contribution in [3.8, 4) is 0 Å². The minimum absolute atomic E-state index is 0.0200. The fourth-order valence-electron chi connectivity index (χ4n) is 4.42. The minimum atomic E-state index is -3.67. The number of carbonyl (C=O) groups excluding carboxylic acids is 1. The highest BCUT2D eigenvalue weighted by Crippen LogP contribution is 2.37. The molecule has 166 valence electrons. The summed E-state index contributed by atoms with van der Waals surface area (Å²) in [6, 6.07) is 9.77. The van der Waals surface area contributed by atoms with E-state index in [-0.39, 0.29) is 10.8 Å². The Morgan fingerprint density at radius 1 is 1.03 bits per heavy atom. The van der Waals surface area contributed by atoms with Gasteiger partial charge in [0.25, 0.3) is 0 Å². The maximum atomic E-state index is 13.5. The monoisotopic (exact) mass is 505 g/mol. The Kier molecular flexibility index (Phi) is 6.16. The molecule has 0 aliphatic carbocycles. The van der Waals surface area contributed by atoms with Crippen LogP contribution in [0.5, 0.6) is 0 Å². The molecule has 0 aromatic heterocycles. The molecule has 2 aromatic rings. The quantitative estimate of drug-likeness (QED) is 0.632. The molecule has 0 spiro atoms. The van der Waals surface area contributed by atoms with Crippen LogP contribution < -0.4 is 9.80 Å². The van der Waals surface area contributed by atoms with Gasteiger partial charge in [0.15, 0.2) is 0 Å². The first-order chi connectivity index (χ1) is 14.7. The zero-order valence-corrected chi connectivity index (χ0v) is 20.6. The molecule has 8 heteroatoms. The lowest BCUT2D eigenvalue weighted by atomic mass is 10.1. The first-order valence-electron chi connectivity index (χ1n) is 10.7. The van der Waals surface area contributed by atoms with Crippen LogP contribution in [-0.2, 0) is 21.2 Å². The number of fused-ring (bicyclic) bond motifs is 1. The SMILES string of the molecule is CCC(=O)N1CCc2cc(Br)c(S(=O)(=O)N3CCN(c4cccc(C)c4C)CC3)cc21. The average molecular weight is 506 g/mol. The Balaban J connectivity index is 1.58. The number of rotatable bonds is 4. The summed E-state index contributed by atoms with van der Waals surface area (Å²) in [5.41, 5.74) is 5.38. The van der Waals surface area contributed by atoms with Crippen molar-refractivity contribution in [3.05, 3.63) is 51.5 Å². The Morgan fingerprint density at radius 3 is 2.42 bits per heavy atom. The molecule has 1 fully saturated rings. The summed E-state index contributed by atoms with van der Waals surface area (Å²) in [4.78, 5) is 16.5. The lowest BCUT2D eigenvalue weighted by Crippen LogP contribution is -2.49. The summed E-state index contributed by atoms with van der Waals surface area (Å²) in [6.07, 6.45) is 1.15. The van der Waals surface area contributed by atoms with E-state index in [9.17, 15) is 13.2 Å². The van der Waals surface area contributed by atoms with Crippen molar-refractivity contribution in [1.29, 1.82) is 0 Å². The second-order valence-corrected chi connectivity index (χ2v) is 10.9. The Hall–Kier alpha value is -1.90. The predicted octanol–water partition coefficient (Wildman–Crippen LogP) is 3.88.